The Morgan fingerprint density at radius 3 is 2.63 bits per heavy atom. The van der Waals surface area contributed by atoms with Crippen LogP contribution in [0.15, 0.2) is 23.2 Å². The van der Waals surface area contributed by atoms with E-state index in [1.807, 2.05) is 25.7 Å². The smallest absolute Gasteiger partial charge is 0.410 e. The number of ether oxygens (including phenoxy) is 1. The van der Waals surface area contributed by atoms with E-state index in [4.69, 9.17) is 9.88 Å². The minimum absolute atomic E-state index is 0.133. The molecule has 3 N–H and O–H groups in total. The molecule has 1 aromatic heterocycles. The second kappa shape index (κ2) is 9.51. The molecular formula is C21H36N4O4S. The third-order valence-corrected chi connectivity index (χ3v) is 5.99. The summed E-state index contributed by atoms with van der Waals surface area (Å²) in [6.45, 7) is 11.3. The number of anilines is 1. The molecule has 0 spiro atoms. The molecule has 0 unspecified atom stereocenters. The van der Waals surface area contributed by atoms with E-state index in [9.17, 15) is 13.2 Å². The van der Waals surface area contributed by atoms with Crippen LogP contribution in [-0.2, 0) is 14.8 Å². The Balaban J connectivity index is 1.71. The number of nitrogens with zero attached hydrogens (tertiary/aromatic N) is 2. The minimum atomic E-state index is -3.79. The lowest BCUT2D eigenvalue weighted by Crippen LogP contribution is -2.45. The molecule has 9 heteroatoms. The molecule has 2 heterocycles. The molecule has 170 valence electrons. The third-order valence-electron chi connectivity index (χ3n) is 5.18. The fourth-order valence-corrected chi connectivity index (χ4v) is 4.34. The molecule has 0 radical (unpaired) electrons. The Bertz CT molecular complexity index is 834. The highest BCUT2D eigenvalue weighted by Gasteiger charge is 2.42. The molecule has 2 rings (SSSR count). The summed E-state index contributed by atoms with van der Waals surface area (Å²) < 4.78 is 28.3. The number of hydrogen-bond acceptors (Lipinski definition) is 6. The van der Waals surface area contributed by atoms with Gasteiger partial charge in [-0.15, -0.1) is 0 Å². The topological polar surface area (TPSA) is 115 Å². The van der Waals surface area contributed by atoms with Gasteiger partial charge in [0.2, 0.25) is 0 Å². The van der Waals surface area contributed by atoms with E-state index in [0.29, 0.717) is 18.3 Å². The fourth-order valence-electron chi connectivity index (χ4n) is 3.84. The van der Waals surface area contributed by atoms with Crippen molar-refractivity contribution in [2.75, 3.05) is 18.4 Å². The zero-order valence-electron chi connectivity index (χ0n) is 18.8. The van der Waals surface area contributed by atoms with Crippen molar-refractivity contribution in [1.82, 2.24) is 9.88 Å². The summed E-state index contributed by atoms with van der Waals surface area (Å²) in [5.41, 5.74) is -0.671. The van der Waals surface area contributed by atoms with E-state index in [0.717, 1.165) is 38.6 Å². The average molecular weight is 441 g/mol. The maximum Gasteiger partial charge on any atom is 0.410 e. The number of carbonyl (C=O) groups is 1. The number of hydrogen-bond donors (Lipinski definition) is 2. The molecule has 1 aromatic rings. The largest absolute Gasteiger partial charge is 0.444 e. The Morgan fingerprint density at radius 2 is 2.00 bits per heavy atom. The fraction of sp³-hybridized carbons (Fsp3) is 0.714. The first-order valence-electron chi connectivity index (χ1n) is 10.5. The molecule has 8 nitrogen and oxygen atoms in total. The number of primary sulfonamides is 1. The molecule has 1 amide bonds. The monoisotopic (exact) mass is 440 g/mol. The maximum absolute atomic E-state index is 12.5. The summed E-state index contributed by atoms with van der Waals surface area (Å²) in [5.74, 6) is 0.987. The van der Waals surface area contributed by atoms with Crippen LogP contribution >= 0.6 is 0 Å². The molecule has 0 aliphatic carbocycles. The Hall–Kier alpha value is -1.87. The third kappa shape index (κ3) is 7.43. The van der Waals surface area contributed by atoms with Gasteiger partial charge in [0.1, 0.15) is 11.4 Å². The Morgan fingerprint density at radius 1 is 1.30 bits per heavy atom. The average Bonchev–Trinajstić information content (AvgIpc) is 2.90. The number of amides is 1. The number of unbranched alkanes of at least 4 members (excludes halogenated alkanes) is 2. The van der Waals surface area contributed by atoms with Crippen molar-refractivity contribution in [3.05, 3.63) is 18.2 Å². The van der Waals surface area contributed by atoms with Gasteiger partial charge < -0.3 is 15.0 Å². The van der Waals surface area contributed by atoms with Crippen molar-refractivity contribution in [2.24, 2.45) is 11.1 Å². The van der Waals surface area contributed by atoms with Crippen LogP contribution in [-0.4, -0.2) is 48.6 Å². The van der Waals surface area contributed by atoms with Gasteiger partial charge in [0.15, 0.2) is 5.03 Å². The van der Waals surface area contributed by atoms with Crippen molar-refractivity contribution in [3.63, 3.8) is 0 Å². The maximum atomic E-state index is 12.5. The Kier molecular flexibility index (Phi) is 7.74. The van der Waals surface area contributed by atoms with Gasteiger partial charge in [-0.05, 0) is 71.9 Å². The van der Waals surface area contributed by atoms with Crippen molar-refractivity contribution in [2.45, 2.75) is 82.9 Å². The number of aromatic nitrogens is 1. The first kappa shape index (κ1) is 24.4. The highest BCUT2D eigenvalue weighted by Crippen LogP contribution is 2.36. The van der Waals surface area contributed by atoms with Gasteiger partial charge in [-0.25, -0.2) is 23.3 Å². The molecule has 0 bridgehead atoms. The van der Waals surface area contributed by atoms with Crippen LogP contribution in [0.4, 0.5) is 10.6 Å². The lowest BCUT2D eigenvalue weighted by Gasteiger charge is -2.33. The van der Waals surface area contributed by atoms with Gasteiger partial charge >= 0.3 is 6.09 Å². The highest BCUT2D eigenvalue weighted by atomic mass is 32.2. The second-order valence-corrected chi connectivity index (χ2v) is 11.2. The van der Waals surface area contributed by atoms with Gasteiger partial charge in [0, 0.05) is 18.6 Å². The molecule has 0 saturated carbocycles. The molecule has 1 atom stereocenters. The minimum Gasteiger partial charge on any atom is -0.444 e. The quantitative estimate of drug-likeness (QED) is 0.595. The van der Waals surface area contributed by atoms with Crippen LogP contribution in [0.3, 0.4) is 0 Å². The summed E-state index contributed by atoms with van der Waals surface area (Å²) in [6, 6.07) is 4.72. The van der Waals surface area contributed by atoms with Crippen LogP contribution in [0.5, 0.6) is 0 Å². The number of sulfonamides is 1. The molecule has 1 aliphatic heterocycles. The van der Waals surface area contributed by atoms with Crippen molar-refractivity contribution in [3.8, 4) is 0 Å². The van der Waals surface area contributed by atoms with Crippen molar-refractivity contribution in [1.29, 1.82) is 0 Å². The second-order valence-electron chi connectivity index (χ2n) is 9.66. The molecule has 30 heavy (non-hydrogen) atoms. The summed E-state index contributed by atoms with van der Waals surface area (Å²) in [7, 11) is -3.79. The lowest BCUT2D eigenvalue weighted by molar-refractivity contribution is 0.0131. The summed E-state index contributed by atoms with van der Waals surface area (Å²) in [6.07, 6.45) is 4.90. The first-order valence-corrected chi connectivity index (χ1v) is 12.1. The first-order chi connectivity index (χ1) is 13.8. The molecule has 1 fully saturated rings. The zero-order chi connectivity index (χ0) is 22.6. The summed E-state index contributed by atoms with van der Waals surface area (Å²) >= 11 is 0. The van der Waals surface area contributed by atoms with Crippen LogP contribution in [0.25, 0.3) is 0 Å². The molecule has 1 saturated heterocycles. The lowest BCUT2D eigenvalue weighted by atomic mass is 9.93. The number of carbonyl (C=O) groups excluding carboxylic acids is 1. The normalized spacial score (nSPS) is 19.0. The molecule has 1 aliphatic rings. The summed E-state index contributed by atoms with van der Waals surface area (Å²) in [5, 5.41) is 8.12. The SMILES string of the molecule is CC(C)(C)OC(=O)N1C[C@@H](CCCCCNc2cccc(S(N)(=O)=O)n2)CC1(C)C. The van der Waals surface area contributed by atoms with Crippen LogP contribution < -0.4 is 10.5 Å². The number of pyridine rings is 1. The standard InChI is InChI=1S/C21H36N4O4S/c1-20(2,3)29-19(26)25-15-16(14-21(25,4)5)10-7-6-8-13-23-17-11-9-12-18(24-17)30(22,27)28/h9,11-12,16H,6-8,10,13-15H2,1-5H3,(H,23,24)(H2,22,27,28)/t16-/m0/s1. The van der Waals surface area contributed by atoms with Crippen LogP contribution in [0.1, 0.15) is 66.7 Å². The summed E-state index contributed by atoms with van der Waals surface area (Å²) in [4.78, 5) is 18.4. The predicted molar refractivity (Wildman–Crippen MR) is 118 cm³/mol. The van der Waals surface area contributed by atoms with E-state index in [2.05, 4.69) is 24.1 Å². The molecular weight excluding hydrogens is 404 g/mol. The number of likely N-dealkylation sites (tertiary alicyclic amines) is 1. The van der Waals surface area contributed by atoms with Gasteiger partial charge in [0.25, 0.3) is 10.0 Å². The van der Waals surface area contributed by atoms with E-state index in [-0.39, 0.29) is 16.7 Å². The van der Waals surface area contributed by atoms with E-state index < -0.39 is 15.6 Å². The predicted octanol–water partition coefficient (Wildman–Crippen LogP) is 3.74. The van der Waals surface area contributed by atoms with Gasteiger partial charge in [-0.3, -0.25) is 0 Å². The van der Waals surface area contributed by atoms with Crippen LogP contribution in [0, 0.1) is 5.92 Å². The van der Waals surface area contributed by atoms with E-state index in [1.54, 1.807) is 12.1 Å². The van der Waals surface area contributed by atoms with Gasteiger partial charge in [-0.2, -0.15) is 0 Å². The molecule has 0 aromatic carbocycles. The zero-order valence-corrected chi connectivity index (χ0v) is 19.6. The van der Waals surface area contributed by atoms with Crippen LogP contribution in [0.2, 0.25) is 0 Å². The van der Waals surface area contributed by atoms with E-state index in [1.165, 1.54) is 6.07 Å². The van der Waals surface area contributed by atoms with Crippen molar-refractivity contribution >= 4 is 21.9 Å². The number of nitrogens with one attached hydrogen (secondary N) is 1. The van der Waals surface area contributed by atoms with Gasteiger partial charge in [0.05, 0.1) is 0 Å². The highest BCUT2D eigenvalue weighted by molar-refractivity contribution is 7.89. The van der Waals surface area contributed by atoms with E-state index >= 15 is 0 Å². The Labute approximate surface area is 180 Å². The van der Waals surface area contributed by atoms with Gasteiger partial charge in [-0.1, -0.05) is 18.9 Å². The van der Waals surface area contributed by atoms with Crippen molar-refractivity contribution < 1.29 is 17.9 Å². The number of nitrogens with two attached hydrogens (primary N) is 1. The number of rotatable bonds is 8.